The quantitative estimate of drug-likeness (QED) is 0.773. The van der Waals surface area contributed by atoms with Crippen molar-refractivity contribution in [3.63, 3.8) is 0 Å². The number of halogens is 1. The molecule has 0 fully saturated rings. The van der Waals surface area contributed by atoms with Gasteiger partial charge in [0.1, 0.15) is 5.75 Å². The zero-order valence-electron chi connectivity index (χ0n) is 8.16. The highest BCUT2D eigenvalue weighted by Crippen LogP contribution is 2.30. The maximum atomic E-state index is 5.92. The van der Waals surface area contributed by atoms with Gasteiger partial charge in [0.05, 0.1) is 6.61 Å². The summed E-state index contributed by atoms with van der Waals surface area (Å²) in [5.74, 6) is 1.35. The molecule has 1 aromatic rings. The first-order chi connectivity index (χ1) is 6.66. The second kappa shape index (κ2) is 3.79. The van der Waals surface area contributed by atoms with Gasteiger partial charge in [0.2, 0.25) is 0 Å². The number of nitrogens with two attached hydrogens (primary N) is 1. The summed E-state index contributed by atoms with van der Waals surface area (Å²) >= 11 is 5.92. The van der Waals surface area contributed by atoms with Crippen LogP contribution in [0.1, 0.15) is 12.5 Å². The minimum absolute atomic E-state index is 0.169. The lowest BCUT2D eigenvalue weighted by Crippen LogP contribution is -2.35. The first kappa shape index (κ1) is 9.81. The molecule has 1 aromatic carbocycles. The molecule has 2 atom stereocenters. The van der Waals surface area contributed by atoms with Crippen molar-refractivity contribution in [3.05, 3.63) is 28.8 Å². The lowest BCUT2D eigenvalue weighted by Gasteiger charge is -2.27. The molecule has 0 aromatic heterocycles. The molecule has 1 unspecified atom stereocenters. The van der Waals surface area contributed by atoms with Gasteiger partial charge in [-0.25, -0.2) is 0 Å². The molecule has 0 aliphatic carbocycles. The van der Waals surface area contributed by atoms with E-state index in [0.717, 1.165) is 17.2 Å². The van der Waals surface area contributed by atoms with Gasteiger partial charge in [0.15, 0.2) is 0 Å². The first-order valence-corrected chi connectivity index (χ1v) is 5.21. The van der Waals surface area contributed by atoms with E-state index in [9.17, 15) is 0 Å². The fourth-order valence-corrected chi connectivity index (χ4v) is 1.92. The Balaban J connectivity index is 2.24. The fraction of sp³-hybridized carbons (Fsp3) is 0.455. The van der Waals surface area contributed by atoms with Gasteiger partial charge in [-0.1, -0.05) is 11.6 Å². The molecule has 0 saturated carbocycles. The summed E-state index contributed by atoms with van der Waals surface area (Å²) in [6.45, 7) is 2.73. The van der Waals surface area contributed by atoms with Crippen molar-refractivity contribution >= 4 is 11.6 Å². The highest BCUT2D eigenvalue weighted by atomic mass is 35.5. The zero-order valence-corrected chi connectivity index (χ0v) is 8.92. The number of fused-ring (bicyclic) bond motifs is 1. The molecule has 0 radical (unpaired) electrons. The average molecular weight is 212 g/mol. The number of hydrogen-bond acceptors (Lipinski definition) is 2. The van der Waals surface area contributed by atoms with E-state index in [4.69, 9.17) is 22.1 Å². The van der Waals surface area contributed by atoms with Crippen LogP contribution in [0.25, 0.3) is 0 Å². The Morgan fingerprint density at radius 2 is 2.36 bits per heavy atom. The molecule has 1 heterocycles. The Hall–Kier alpha value is -0.730. The van der Waals surface area contributed by atoms with Crippen LogP contribution in [0.2, 0.25) is 5.02 Å². The summed E-state index contributed by atoms with van der Waals surface area (Å²) in [4.78, 5) is 0. The monoisotopic (exact) mass is 211 g/mol. The Labute approximate surface area is 89.0 Å². The molecule has 1 aliphatic rings. The van der Waals surface area contributed by atoms with Crippen molar-refractivity contribution in [2.75, 3.05) is 6.61 Å². The first-order valence-electron chi connectivity index (χ1n) is 4.83. The van der Waals surface area contributed by atoms with Crippen LogP contribution >= 0.6 is 11.6 Å². The molecule has 0 spiro atoms. The van der Waals surface area contributed by atoms with Gasteiger partial charge >= 0.3 is 0 Å². The number of rotatable bonds is 1. The van der Waals surface area contributed by atoms with Crippen LogP contribution in [0.3, 0.4) is 0 Å². The van der Waals surface area contributed by atoms with E-state index in [0.29, 0.717) is 12.5 Å². The fourth-order valence-electron chi connectivity index (χ4n) is 1.72. The molecular weight excluding hydrogens is 198 g/mol. The smallest absolute Gasteiger partial charge is 0.122 e. The lowest BCUT2D eigenvalue weighted by molar-refractivity contribution is 0.204. The van der Waals surface area contributed by atoms with Crippen molar-refractivity contribution < 1.29 is 4.74 Å². The van der Waals surface area contributed by atoms with E-state index < -0.39 is 0 Å². The summed E-state index contributed by atoms with van der Waals surface area (Å²) in [5, 5.41) is 0.762. The molecule has 2 rings (SSSR count). The van der Waals surface area contributed by atoms with Crippen molar-refractivity contribution in [1.82, 2.24) is 0 Å². The maximum absolute atomic E-state index is 5.92. The Morgan fingerprint density at radius 3 is 3.07 bits per heavy atom. The Kier molecular flexibility index (Phi) is 2.66. The van der Waals surface area contributed by atoms with Crippen LogP contribution < -0.4 is 10.5 Å². The third-order valence-electron chi connectivity index (χ3n) is 2.70. The standard InChI is InChI=1S/C11H14ClNO/c1-7(13)9-4-8-5-10(12)2-3-11(8)14-6-9/h2-3,5,7,9H,4,6,13H2,1H3/t7-,9?/m0/s1. The van der Waals surface area contributed by atoms with E-state index in [2.05, 4.69) is 0 Å². The van der Waals surface area contributed by atoms with Crippen LogP contribution in [-0.2, 0) is 6.42 Å². The van der Waals surface area contributed by atoms with E-state index in [1.807, 2.05) is 25.1 Å². The third-order valence-corrected chi connectivity index (χ3v) is 2.94. The molecule has 2 N–H and O–H groups in total. The second-order valence-corrected chi connectivity index (χ2v) is 4.32. The molecule has 14 heavy (non-hydrogen) atoms. The molecular formula is C11H14ClNO. The second-order valence-electron chi connectivity index (χ2n) is 3.89. The average Bonchev–Trinajstić information content (AvgIpc) is 2.16. The normalized spacial score (nSPS) is 22.4. The van der Waals surface area contributed by atoms with Crippen LogP contribution in [0, 0.1) is 5.92 Å². The largest absolute Gasteiger partial charge is 0.493 e. The van der Waals surface area contributed by atoms with Gasteiger partial charge in [-0.05, 0) is 37.1 Å². The summed E-state index contributed by atoms with van der Waals surface area (Å²) in [7, 11) is 0. The number of benzene rings is 1. The SMILES string of the molecule is C[C@H](N)C1COc2ccc(Cl)cc2C1. The molecule has 0 bridgehead atoms. The molecule has 1 aliphatic heterocycles. The Bertz CT molecular complexity index is 338. The van der Waals surface area contributed by atoms with Crippen LogP contribution in [-0.4, -0.2) is 12.6 Å². The van der Waals surface area contributed by atoms with Crippen molar-refractivity contribution in [2.45, 2.75) is 19.4 Å². The van der Waals surface area contributed by atoms with E-state index >= 15 is 0 Å². The molecule has 2 nitrogen and oxygen atoms in total. The number of ether oxygens (including phenoxy) is 1. The zero-order chi connectivity index (χ0) is 10.1. The van der Waals surface area contributed by atoms with Crippen molar-refractivity contribution in [3.8, 4) is 5.75 Å². The van der Waals surface area contributed by atoms with Gasteiger partial charge in [0.25, 0.3) is 0 Å². The van der Waals surface area contributed by atoms with Crippen molar-refractivity contribution in [2.24, 2.45) is 11.7 Å². The number of hydrogen-bond donors (Lipinski definition) is 1. The summed E-state index contributed by atoms with van der Waals surface area (Å²) in [5.41, 5.74) is 7.02. The highest BCUT2D eigenvalue weighted by Gasteiger charge is 2.22. The molecule has 0 amide bonds. The predicted molar refractivity (Wildman–Crippen MR) is 57.8 cm³/mol. The topological polar surface area (TPSA) is 35.2 Å². The molecule has 3 heteroatoms. The van der Waals surface area contributed by atoms with Crippen LogP contribution in [0.5, 0.6) is 5.75 Å². The molecule has 76 valence electrons. The molecule has 0 saturated heterocycles. The lowest BCUT2D eigenvalue weighted by atomic mass is 9.92. The summed E-state index contributed by atoms with van der Waals surface area (Å²) in [6.07, 6.45) is 0.966. The third kappa shape index (κ3) is 1.86. The van der Waals surface area contributed by atoms with Gasteiger partial charge in [-0.2, -0.15) is 0 Å². The Morgan fingerprint density at radius 1 is 1.57 bits per heavy atom. The minimum atomic E-state index is 0.169. The van der Waals surface area contributed by atoms with E-state index in [-0.39, 0.29) is 6.04 Å². The van der Waals surface area contributed by atoms with E-state index in [1.165, 1.54) is 5.56 Å². The van der Waals surface area contributed by atoms with E-state index in [1.54, 1.807) is 0 Å². The van der Waals surface area contributed by atoms with Crippen molar-refractivity contribution in [1.29, 1.82) is 0 Å². The highest BCUT2D eigenvalue weighted by molar-refractivity contribution is 6.30. The van der Waals surface area contributed by atoms with Crippen LogP contribution in [0.4, 0.5) is 0 Å². The summed E-state index contributed by atoms with van der Waals surface area (Å²) < 4.78 is 5.61. The predicted octanol–water partition coefficient (Wildman–Crippen LogP) is 2.24. The van der Waals surface area contributed by atoms with Gasteiger partial charge < -0.3 is 10.5 Å². The van der Waals surface area contributed by atoms with Gasteiger partial charge in [0, 0.05) is 17.0 Å². The summed E-state index contributed by atoms with van der Waals surface area (Å²) in [6, 6.07) is 5.91. The minimum Gasteiger partial charge on any atom is -0.493 e. The van der Waals surface area contributed by atoms with Gasteiger partial charge in [-0.15, -0.1) is 0 Å². The van der Waals surface area contributed by atoms with Crippen LogP contribution in [0.15, 0.2) is 18.2 Å². The van der Waals surface area contributed by atoms with Gasteiger partial charge in [-0.3, -0.25) is 0 Å². The maximum Gasteiger partial charge on any atom is 0.122 e.